The Hall–Kier alpha value is -4.36. The number of hydrogen-bond donors (Lipinski definition) is 2. The van der Waals surface area contributed by atoms with Crippen molar-refractivity contribution in [1.29, 1.82) is 0 Å². The number of benzene rings is 1. The number of likely N-dealkylation sites (tertiary alicyclic amines) is 1. The van der Waals surface area contributed by atoms with Gasteiger partial charge < -0.3 is 24.6 Å². The van der Waals surface area contributed by atoms with Gasteiger partial charge >= 0.3 is 18.0 Å². The Bertz CT molecular complexity index is 1370. The summed E-state index contributed by atoms with van der Waals surface area (Å²) in [5.41, 5.74) is -4.45. The zero-order valence-corrected chi connectivity index (χ0v) is 19.7. The minimum absolute atomic E-state index is 0.00261. The number of hydrogen-bond acceptors (Lipinski definition) is 6. The molecule has 1 saturated heterocycles. The summed E-state index contributed by atoms with van der Waals surface area (Å²) >= 11 is 0. The molecule has 1 unspecified atom stereocenters. The van der Waals surface area contributed by atoms with E-state index < -0.39 is 35.1 Å². The van der Waals surface area contributed by atoms with Crippen molar-refractivity contribution in [2.75, 3.05) is 29.9 Å². The van der Waals surface area contributed by atoms with Crippen LogP contribution >= 0.6 is 0 Å². The first kappa shape index (κ1) is 24.3. The molecule has 2 N–H and O–H groups in total. The molecular weight excluding hydrogens is 495 g/mol. The first-order valence-electron chi connectivity index (χ1n) is 11.2. The molecule has 1 atom stereocenters. The van der Waals surface area contributed by atoms with E-state index in [0.717, 1.165) is 28.8 Å². The summed E-state index contributed by atoms with van der Waals surface area (Å²) in [5.74, 6) is -4.37. The van der Waals surface area contributed by atoms with Gasteiger partial charge in [-0.15, -0.1) is 10.2 Å². The second-order valence-corrected chi connectivity index (χ2v) is 9.19. The van der Waals surface area contributed by atoms with Crippen LogP contribution in [0.15, 0.2) is 48.9 Å². The first-order valence-corrected chi connectivity index (χ1v) is 11.2. The van der Waals surface area contributed by atoms with Gasteiger partial charge in [0.05, 0.1) is 19.6 Å². The normalized spacial score (nSPS) is 17.9. The molecule has 1 aromatic carbocycles. The van der Waals surface area contributed by atoms with Crippen LogP contribution in [0.4, 0.5) is 34.3 Å². The fraction of sp³-hybridized carbons (Fsp3) is 0.348. The molecule has 3 aromatic rings. The number of amides is 3. The number of anilines is 2. The molecule has 5 rings (SSSR count). The Morgan fingerprint density at radius 2 is 1.92 bits per heavy atom. The monoisotopic (exact) mass is 517 g/mol. The largest absolute Gasteiger partial charge is 0.478 e. The van der Waals surface area contributed by atoms with E-state index in [1.54, 1.807) is 12.1 Å². The molecule has 194 valence electrons. The van der Waals surface area contributed by atoms with Crippen molar-refractivity contribution in [3.63, 3.8) is 0 Å². The van der Waals surface area contributed by atoms with Crippen molar-refractivity contribution in [1.82, 2.24) is 24.6 Å². The number of carboxylic acid groups (broad SMARTS) is 1. The van der Waals surface area contributed by atoms with Gasteiger partial charge in [-0.3, -0.25) is 4.90 Å². The van der Waals surface area contributed by atoms with Gasteiger partial charge in [-0.2, -0.15) is 8.78 Å². The number of carbonyl (C=O) groups is 2. The number of nitrogens with one attached hydrogen (secondary N) is 1. The van der Waals surface area contributed by atoms with Crippen LogP contribution in [0.1, 0.15) is 18.3 Å². The molecule has 0 radical (unpaired) electrons. The van der Waals surface area contributed by atoms with E-state index in [9.17, 15) is 14.7 Å². The SMILES string of the molecule is Cn1cnnc1C(F)(F)C(C)(F)c1cccc(NC(=O)N2CC3(CN(C(=O)O)C3)Oc3cccnc32)c1. The highest BCUT2D eigenvalue weighted by Crippen LogP contribution is 2.47. The average Bonchev–Trinajstić information content (AvgIpc) is 3.28. The van der Waals surface area contributed by atoms with Gasteiger partial charge in [-0.25, -0.2) is 19.0 Å². The molecule has 37 heavy (non-hydrogen) atoms. The summed E-state index contributed by atoms with van der Waals surface area (Å²) in [6.45, 7) is 0.831. The summed E-state index contributed by atoms with van der Waals surface area (Å²) in [6.07, 6.45) is 1.41. The molecule has 0 saturated carbocycles. The van der Waals surface area contributed by atoms with Gasteiger partial charge in [-0.05, 0) is 36.8 Å². The third kappa shape index (κ3) is 3.97. The Labute approximate surface area is 208 Å². The standard InChI is InChI=1S/C23H22F3N7O4/c1-21(24,23(25,26)18-30-28-13-31(18)2)14-5-3-6-15(9-14)29-19(34)33-12-22(10-32(11-22)20(35)36)37-16-7-4-8-27-17(16)33/h3-9,13H,10-12H2,1-2H3,(H,29,34)(H,35,36). The predicted octanol–water partition coefficient (Wildman–Crippen LogP) is 3.35. The number of alkyl halides is 3. The van der Waals surface area contributed by atoms with E-state index in [-0.39, 0.29) is 36.7 Å². The maximum absolute atomic E-state index is 15.6. The number of pyridine rings is 1. The third-order valence-corrected chi connectivity index (χ3v) is 6.49. The van der Waals surface area contributed by atoms with Crippen molar-refractivity contribution in [3.05, 3.63) is 60.3 Å². The quantitative estimate of drug-likeness (QED) is 0.544. The highest BCUT2D eigenvalue weighted by Gasteiger charge is 2.57. The number of urea groups is 1. The third-order valence-electron chi connectivity index (χ3n) is 6.49. The minimum Gasteiger partial charge on any atom is -0.478 e. The van der Waals surface area contributed by atoms with E-state index in [1.807, 2.05) is 0 Å². The Balaban J connectivity index is 1.40. The highest BCUT2D eigenvalue weighted by molar-refractivity contribution is 6.02. The van der Waals surface area contributed by atoms with Gasteiger partial charge in [0, 0.05) is 18.9 Å². The lowest BCUT2D eigenvalue weighted by Gasteiger charge is -2.52. The molecule has 14 heteroatoms. The van der Waals surface area contributed by atoms with Gasteiger partial charge in [0.2, 0.25) is 11.5 Å². The van der Waals surface area contributed by atoms with Crippen molar-refractivity contribution < 1.29 is 32.6 Å². The van der Waals surface area contributed by atoms with Gasteiger partial charge in [0.15, 0.2) is 17.2 Å². The Morgan fingerprint density at radius 1 is 1.16 bits per heavy atom. The molecule has 1 fully saturated rings. The van der Waals surface area contributed by atoms with Crippen LogP contribution in [-0.4, -0.2) is 67.1 Å². The van der Waals surface area contributed by atoms with E-state index in [0.29, 0.717) is 5.75 Å². The van der Waals surface area contributed by atoms with Crippen molar-refractivity contribution in [3.8, 4) is 5.75 Å². The molecule has 2 aromatic heterocycles. The number of carbonyl (C=O) groups excluding carboxylic acids is 1. The fourth-order valence-corrected chi connectivity index (χ4v) is 4.45. The van der Waals surface area contributed by atoms with Gasteiger partial charge in [-0.1, -0.05) is 12.1 Å². The van der Waals surface area contributed by atoms with Gasteiger partial charge in [0.1, 0.15) is 6.33 Å². The molecule has 1 spiro atoms. The predicted molar refractivity (Wildman–Crippen MR) is 123 cm³/mol. The molecule has 0 aliphatic carbocycles. The Kier molecular flexibility index (Phi) is 5.49. The molecule has 2 aliphatic heterocycles. The zero-order valence-electron chi connectivity index (χ0n) is 19.7. The maximum atomic E-state index is 15.6. The van der Waals surface area contributed by atoms with E-state index in [4.69, 9.17) is 4.74 Å². The second-order valence-electron chi connectivity index (χ2n) is 9.19. The lowest BCUT2D eigenvalue weighted by atomic mass is 9.90. The maximum Gasteiger partial charge on any atom is 0.407 e. The summed E-state index contributed by atoms with van der Waals surface area (Å²) < 4.78 is 52.8. The smallest absolute Gasteiger partial charge is 0.407 e. The number of ether oxygens (including phenoxy) is 1. The molecule has 0 bridgehead atoms. The lowest BCUT2D eigenvalue weighted by molar-refractivity contribution is -0.149. The topological polar surface area (TPSA) is 126 Å². The summed E-state index contributed by atoms with van der Waals surface area (Å²) in [7, 11) is 1.29. The average molecular weight is 517 g/mol. The summed E-state index contributed by atoms with van der Waals surface area (Å²) in [4.78, 5) is 31.2. The molecule has 11 nitrogen and oxygen atoms in total. The molecule has 4 heterocycles. The lowest BCUT2D eigenvalue weighted by Crippen LogP contribution is -2.72. The van der Waals surface area contributed by atoms with Crippen LogP contribution in [0.5, 0.6) is 5.75 Å². The number of aryl methyl sites for hydroxylation is 1. The Morgan fingerprint density at radius 3 is 2.59 bits per heavy atom. The van der Waals surface area contributed by atoms with Crippen LogP contribution < -0.4 is 15.0 Å². The second kappa shape index (κ2) is 8.35. The van der Waals surface area contributed by atoms with Crippen LogP contribution in [0, 0.1) is 0 Å². The first-order chi connectivity index (χ1) is 17.4. The summed E-state index contributed by atoms with van der Waals surface area (Å²) in [5, 5.41) is 18.6. The van der Waals surface area contributed by atoms with Crippen LogP contribution in [0.2, 0.25) is 0 Å². The highest BCUT2D eigenvalue weighted by atomic mass is 19.3. The van der Waals surface area contributed by atoms with Crippen molar-refractivity contribution >= 4 is 23.6 Å². The number of rotatable bonds is 4. The molecular formula is C23H22F3N7O4. The fourth-order valence-electron chi connectivity index (χ4n) is 4.45. The number of aromatic nitrogens is 4. The number of fused-ring (bicyclic) bond motifs is 1. The van der Waals surface area contributed by atoms with Crippen LogP contribution in [0.25, 0.3) is 0 Å². The van der Waals surface area contributed by atoms with E-state index in [1.165, 1.54) is 36.3 Å². The van der Waals surface area contributed by atoms with Crippen LogP contribution in [0.3, 0.4) is 0 Å². The summed E-state index contributed by atoms with van der Waals surface area (Å²) in [6, 6.07) is 7.64. The molecule has 2 aliphatic rings. The number of nitrogens with zero attached hydrogens (tertiary/aromatic N) is 6. The van der Waals surface area contributed by atoms with E-state index in [2.05, 4.69) is 20.5 Å². The van der Waals surface area contributed by atoms with Crippen molar-refractivity contribution in [2.24, 2.45) is 7.05 Å². The molecule has 3 amide bonds. The van der Waals surface area contributed by atoms with Crippen molar-refractivity contribution in [2.45, 2.75) is 24.1 Å². The minimum atomic E-state index is -4.03. The van der Waals surface area contributed by atoms with E-state index >= 15 is 13.2 Å². The van der Waals surface area contributed by atoms with Crippen LogP contribution in [-0.2, 0) is 18.6 Å². The van der Waals surface area contributed by atoms with Gasteiger partial charge in [0.25, 0.3) is 0 Å². The zero-order chi connectivity index (χ0) is 26.6. The number of halogens is 3.